The van der Waals surface area contributed by atoms with Crippen LogP contribution in [0.1, 0.15) is 23.7 Å². The molecule has 2 N–H and O–H groups in total. The summed E-state index contributed by atoms with van der Waals surface area (Å²) in [5.41, 5.74) is 1.14. The average molecular weight is 285 g/mol. The molecule has 1 aromatic heterocycles. The highest BCUT2D eigenvalue weighted by Gasteiger charge is 2.11. The van der Waals surface area contributed by atoms with Crippen molar-refractivity contribution >= 4 is 17.4 Å². The monoisotopic (exact) mass is 285 g/mol. The third-order valence-corrected chi connectivity index (χ3v) is 2.93. The Kier molecular flexibility index (Phi) is 5.15. The largest absolute Gasteiger partial charge is 0.496 e. The number of nitrogens with one attached hydrogen (secondary N) is 2. The number of hydrogen-bond acceptors (Lipinski definition) is 4. The summed E-state index contributed by atoms with van der Waals surface area (Å²) in [6, 6.07) is 10.8. The van der Waals surface area contributed by atoms with Gasteiger partial charge in [-0.2, -0.15) is 0 Å². The molecule has 5 nitrogen and oxygen atoms in total. The molecule has 0 fully saturated rings. The zero-order chi connectivity index (χ0) is 15.1. The lowest BCUT2D eigenvalue weighted by Gasteiger charge is -2.09. The number of carbonyl (C=O) groups is 1. The van der Waals surface area contributed by atoms with Crippen molar-refractivity contribution in [3.05, 3.63) is 48.2 Å². The van der Waals surface area contributed by atoms with Crippen LogP contribution in [0.3, 0.4) is 0 Å². The summed E-state index contributed by atoms with van der Waals surface area (Å²) in [6.45, 7) is 2.97. The number of hydrogen-bond donors (Lipinski definition) is 2. The normalized spacial score (nSPS) is 10.0. The van der Waals surface area contributed by atoms with E-state index in [1.165, 1.54) is 0 Å². The highest BCUT2D eigenvalue weighted by molar-refractivity contribution is 6.06. The Balaban J connectivity index is 2.05. The van der Waals surface area contributed by atoms with Crippen molar-refractivity contribution in [2.75, 3.05) is 24.3 Å². The summed E-state index contributed by atoms with van der Waals surface area (Å²) < 4.78 is 5.18. The van der Waals surface area contributed by atoms with E-state index in [1.807, 2.05) is 18.2 Å². The van der Waals surface area contributed by atoms with Crippen LogP contribution in [0, 0.1) is 0 Å². The van der Waals surface area contributed by atoms with Gasteiger partial charge in [-0.3, -0.25) is 4.79 Å². The molecule has 0 saturated carbocycles. The maximum absolute atomic E-state index is 12.2. The smallest absolute Gasteiger partial charge is 0.259 e. The van der Waals surface area contributed by atoms with Crippen LogP contribution >= 0.6 is 0 Å². The standard InChI is InChI=1S/C16H19N3O2/c1-3-10-17-15-9-8-12(11-18-15)19-16(20)13-6-4-5-7-14(13)21-2/h4-9,11H,3,10H2,1-2H3,(H,17,18)(H,19,20). The van der Waals surface area contributed by atoms with Crippen molar-refractivity contribution in [1.29, 1.82) is 0 Å². The van der Waals surface area contributed by atoms with E-state index in [0.717, 1.165) is 18.8 Å². The van der Waals surface area contributed by atoms with Gasteiger partial charge >= 0.3 is 0 Å². The number of amides is 1. The third kappa shape index (κ3) is 3.95. The zero-order valence-electron chi connectivity index (χ0n) is 12.2. The number of pyridine rings is 1. The number of aromatic nitrogens is 1. The number of benzene rings is 1. The van der Waals surface area contributed by atoms with Gasteiger partial charge < -0.3 is 15.4 Å². The molecule has 1 heterocycles. The second-order valence-electron chi connectivity index (χ2n) is 4.51. The van der Waals surface area contributed by atoms with Crippen LogP contribution in [-0.4, -0.2) is 24.5 Å². The molecule has 1 aromatic carbocycles. The first-order chi connectivity index (χ1) is 10.2. The van der Waals surface area contributed by atoms with Crippen molar-refractivity contribution in [3.63, 3.8) is 0 Å². The van der Waals surface area contributed by atoms with Gasteiger partial charge in [0.05, 0.1) is 24.6 Å². The highest BCUT2D eigenvalue weighted by atomic mass is 16.5. The third-order valence-electron chi connectivity index (χ3n) is 2.93. The van der Waals surface area contributed by atoms with Crippen molar-refractivity contribution in [3.8, 4) is 5.75 Å². The number of carbonyl (C=O) groups excluding carboxylic acids is 1. The van der Waals surface area contributed by atoms with Gasteiger partial charge in [-0.05, 0) is 30.7 Å². The van der Waals surface area contributed by atoms with E-state index in [2.05, 4.69) is 22.5 Å². The lowest BCUT2D eigenvalue weighted by atomic mass is 10.2. The van der Waals surface area contributed by atoms with Crippen LogP contribution in [-0.2, 0) is 0 Å². The number of para-hydroxylation sites is 1. The molecule has 5 heteroatoms. The molecule has 0 bridgehead atoms. The van der Waals surface area contributed by atoms with Crippen LogP contribution in [0.15, 0.2) is 42.6 Å². The summed E-state index contributed by atoms with van der Waals surface area (Å²) in [6.07, 6.45) is 2.67. The molecule has 0 aliphatic heterocycles. The summed E-state index contributed by atoms with van der Waals surface area (Å²) >= 11 is 0. The molecular weight excluding hydrogens is 266 g/mol. The summed E-state index contributed by atoms with van der Waals surface area (Å²) in [4.78, 5) is 16.5. The first kappa shape index (κ1) is 14.8. The molecule has 0 radical (unpaired) electrons. The van der Waals surface area contributed by atoms with E-state index in [0.29, 0.717) is 17.0 Å². The van der Waals surface area contributed by atoms with Crippen molar-refractivity contribution in [1.82, 2.24) is 4.98 Å². The van der Waals surface area contributed by atoms with E-state index < -0.39 is 0 Å². The predicted molar refractivity (Wildman–Crippen MR) is 84.0 cm³/mol. The fourth-order valence-corrected chi connectivity index (χ4v) is 1.86. The molecule has 2 aromatic rings. The van der Waals surface area contributed by atoms with Gasteiger partial charge in [0, 0.05) is 6.54 Å². The molecular formula is C16H19N3O2. The van der Waals surface area contributed by atoms with E-state index >= 15 is 0 Å². The van der Waals surface area contributed by atoms with Crippen LogP contribution in [0.4, 0.5) is 11.5 Å². The molecule has 0 unspecified atom stereocenters. The van der Waals surface area contributed by atoms with Gasteiger partial charge in [-0.15, -0.1) is 0 Å². The highest BCUT2D eigenvalue weighted by Crippen LogP contribution is 2.19. The minimum Gasteiger partial charge on any atom is -0.496 e. The molecule has 0 aliphatic rings. The molecule has 21 heavy (non-hydrogen) atoms. The van der Waals surface area contributed by atoms with Gasteiger partial charge in [-0.1, -0.05) is 19.1 Å². The summed E-state index contributed by atoms with van der Waals surface area (Å²) in [5.74, 6) is 1.12. The van der Waals surface area contributed by atoms with Gasteiger partial charge in [0.25, 0.3) is 5.91 Å². The second kappa shape index (κ2) is 7.28. The van der Waals surface area contributed by atoms with Crippen molar-refractivity contribution < 1.29 is 9.53 Å². The van der Waals surface area contributed by atoms with Crippen LogP contribution in [0.2, 0.25) is 0 Å². The zero-order valence-corrected chi connectivity index (χ0v) is 12.2. The fraction of sp³-hybridized carbons (Fsp3) is 0.250. The number of nitrogens with zero attached hydrogens (tertiary/aromatic N) is 1. The van der Waals surface area contributed by atoms with Gasteiger partial charge in [0.15, 0.2) is 0 Å². The van der Waals surface area contributed by atoms with Crippen LogP contribution in [0.5, 0.6) is 5.75 Å². The van der Waals surface area contributed by atoms with E-state index in [-0.39, 0.29) is 5.91 Å². The predicted octanol–water partition coefficient (Wildman–Crippen LogP) is 3.16. The molecule has 110 valence electrons. The fourth-order valence-electron chi connectivity index (χ4n) is 1.86. The number of rotatable bonds is 6. The Morgan fingerprint density at radius 1 is 1.24 bits per heavy atom. The number of ether oxygens (including phenoxy) is 1. The lowest BCUT2D eigenvalue weighted by molar-refractivity contribution is 0.102. The summed E-state index contributed by atoms with van der Waals surface area (Å²) in [5, 5.41) is 5.99. The van der Waals surface area contributed by atoms with E-state index in [1.54, 1.807) is 31.5 Å². The minimum atomic E-state index is -0.219. The van der Waals surface area contributed by atoms with E-state index in [4.69, 9.17) is 4.74 Å². The van der Waals surface area contributed by atoms with E-state index in [9.17, 15) is 4.79 Å². The molecule has 1 amide bonds. The van der Waals surface area contributed by atoms with Gasteiger partial charge in [0.2, 0.25) is 0 Å². The molecule has 0 atom stereocenters. The molecule has 0 saturated heterocycles. The Morgan fingerprint density at radius 3 is 2.71 bits per heavy atom. The number of anilines is 2. The number of methoxy groups -OCH3 is 1. The van der Waals surface area contributed by atoms with Crippen LogP contribution in [0.25, 0.3) is 0 Å². The topological polar surface area (TPSA) is 63.2 Å². The Bertz CT molecular complexity index is 597. The van der Waals surface area contributed by atoms with Gasteiger partial charge in [-0.25, -0.2) is 4.98 Å². The second-order valence-corrected chi connectivity index (χ2v) is 4.51. The Labute approximate surface area is 124 Å². The molecule has 0 spiro atoms. The summed E-state index contributed by atoms with van der Waals surface area (Å²) in [7, 11) is 1.54. The maximum Gasteiger partial charge on any atom is 0.259 e. The molecule has 0 aliphatic carbocycles. The van der Waals surface area contributed by atoms with Crippen LogP contribution < -0.4 is 15.4 Å². The Hall–Kier alpha value is -2.56. The van der Waals surface area contributed by atoms with Crippen molar-refractivity contribution in [2.24, 2.45) is 0 Å². The van der Waals surface area contributed by atoms with Gasteiger partial charge in [0.1, 0.15) is 11.6 Å². The first-order valence-corrected chi connectivity index (χ1v) is 6.89. The lowest BCUT2D eigenvalue weighted by Crippen LogP contribution is -2.13. The molecule has 2 rings (SSSR count). The Morgan fingerprint density at radius 2 is 2.05 bits per heavy atom. The SMILES string of the molecule is CCCNc1ccc(NC(=O)c2ccccc2OC)cn1. The first-order valence-electron chi connectivity index (χ1n) is 6.89. The minimum absolute atomic E-state index is 0.219. The average Bonchev–Trinajstić information content (AvgIpc) is 2.54. The quantitative estimate of drug-likeness (QED) is 0.855. The maximum atomic E-state index is 12.2. The van der Waals surface area contributed by atoms with Crippen molar-refractivity contribution in [2.45, 2.75) is 13.3 Å².